The highest BCUT2D eigenvalue weighted by Crippen LogP contribution is 2.06. The molecule has 1 amide bonds. The Morgan fingerprint density at radius 3 is 2.00 bits per heavy atom. The minimum Gasteiger partial charge on any atom is -0.444 e. The molecule has 0 spiro atoms. The molecule has 0 saturated carbocycles. The maximum Gasteiger partial charge on any atom is 0.407 e. The van der Waals surface area contributed by atoms with Gasteiger partial charge in [0, 0.05) is 26.7 Å². The molecule has 0 aromatic carbocycles. The molecule has 0 aliphatic carbocycles. The Balaban J connectivity index is 3.56. The van der Waals surface area contributed by atoms with Gasteiger partial charge in [0.15, 0.2) is 5.96 Å². The van der Waals surface area contributed by atoms with Gasteiger partial charge in [0.05, 0.1) is 0 Å². The highest BCUT2D eigenvalue weighted by Gasteiger charge is 2.15. The first-order chi connectivity index (χ1) is 12.2. The average Bonchev–Trinajstić information content (AvgIpc) is 2.53. The van der Waals surface area contributed by atoms with Crippen LogP contribution in [0, 0.1) is 0 Å². The first-order valence-corrected chi connectivity index (χ1v) is 9.80. The van der Waals surface area contributed by atoms with Crippen molar-refractivity contribution in [1.29, 1.82) is 0 Å². The van der Waals surface area contributed by atoms with Gasteiger partial charge in [-0.1, -0.05) is 19.3 Å². The monoisotopic (exact) mass is 371 g/mol. The summed E-state index contributed by atoms with van der Waals surface area (Å²) in [6.07, 6.45) is 6.71. The minimum atomic E-state index is -0.458. The standard InChI is InChI=1S/C19H41N5O2/c1-19(2,3)26-18(25)23-15-12-14-22-17(20-4)21-13-10-8-7-9-11-16-24(5)6/h7-16H2,1-6H3,(H,23,25)(H2,20,21,22). The molecule has 0 radical (unpaired) electrons. The lowest BCUT2D eigenvalue weighted by Crippen LogP contribution is -2.39. The molecule has 0 atom stereocenters. The fraction of sp³-hybridized carbons (Fsp3) is 0.895. The average molecular weight is 372 g/mol. The molecule has 7 heteroatoms. The third-order valence-corrected chi connectivity index (χ3v) is 3.61. The van der Waals surface area contributed by atoms with E-state index in [9.17, 15) is 4.79 Å². The van der Waals surface area contributed by atoms with Gasteiger partial charge < -0.3 is 25.6 Å². The van der Waals surface area contributed by atoms with Crippen LogP contribution in [0.3, 0.4) is 0 Å². The van der Waals surface area contributed by atoms with Crippen LogP contribution in [0.1, 0.15) is 59.3 Å². The normalized spacial score (nSPS) is 12.2. The van der Waals surface area contributed by atoms with Gasteiger partial charge >= 0.3 is 6.09 Å². The predicted octanol–water partition coefficient (Wildman–Crippen LogP) is 2.58. The molecule has 0 bridgehead atoms. The Labute approximate surface area is 160 Å². The number of unbranched alkanes of at least 4 members (excludes halogenated alkanes) is 4. The van der Waals surface area contributed by atoms with Gasteiger partial charge in [0.1, 0.15) is 5.60 Å². The summed E-state index contributed by atoms with van der Waals surface area (Å²) < 4.78 is 5.19. The van der Waals surface area contributed by atoms with Crippen LogP contribution >= 0.6 is 0 Å². The van der Waals surface area contributed by atoms with Crippen molar-refractivity contribution in [3.8, 4) is 0 Å². The second-order valence-corrected chi connectivity index (χ2v) is 7.78. The summed E-state index contributed by atoms with van der Waals surface area (Å²) >= 11 is 0. The number of carbonyl (C=O) groups excluding carboxylic acids is 1. The van der Waals surface area contributed by atoms with E-state index in [1.807, 2.05) is 20.8 Å². The maximum atomic E-state index is 11.5. The number of guanidine groups is 1. The Kier molecular flexibility index (Phi) is 13.8. The number of carbonyl (C=O) groups is 1. The van der Waals surface area contributed by atoms with Crippen molar-refractivity contribution in [2.45, 2.75) is 64.9 Å². The maximum absolute atomic E-state index is 11.5. The number of nitrogens with zero attached hydrogens (tertiary/aromatic N) is 2. The lowest BCUT2D eigenvalue weighted by molar-refractivity contribution is 0.0527. The van der Waals surface area contributed by atoms with Crippen molar-refractivity contribution in [2.24, 2.45) is 4.99 Å². The van der Waals surface area contributed by atoms with Gasteiger partial charge in [0.25, 0.3) is 0 Å². The van der Waals surface area contributed by atoms with E-state index in [2.05, 4.69) is 39.9 Å². The Morgan fingerprint density at radius 2 is 1.42 bits per heavy atom. The fourth-order valence-electron chi connectivity index (χ4n) is 2.31. The Hall–Kier alpha value is -1.50. The van der Waals surface area contributed by atoms with Crippen LogP contribution in [-0.4, -0.2) is 69.9 Å². The molecule has 7 nitrogen and oxygen atoms in total. The molecule has 3 N–H and O–H groups in total. The van der Waals surface area contributed by atoms with Crippen molar-refractivity contribution < 1.29 is 9.53 Å². The number of aliphatic imine (C=N–C) groups is 1. The quantitative estimate of drug-likeness (QED) is 0.279. The van der Waals surface area contributed by atoms with Gasteiger partial charge in [-0.15, -0.1) is 0 Å². The third kappa shape index (κ3) is 17.3. The summed E-state index contributed by atoms with van der Waals surface area (Å²) in [5.74, 6) is 0.815. The molecule has 0 aromatic rings. The number of alkyl carbamates (subject to hydrolysis) is 1. The molecule has 0 saturated heterocycles. The molecule has 0 aromatic heterocycles. The van der Waals surface area contributed by atoms with Gasteiger partial charge in [-0.2, -0.15) is 0 Å². The van der Waals surface area contributed by atoms with Crippen molar-refractivity contribution in [3.63, 3.8) is 0 Å². The first-order valence-electron chi connectivity index (χ1n) is 9.80. The smallest absolute Gasteiger partial charge is 0.407 e. The zero-order valence-corrected chi connectivity index (χ0v) is 17.8. The van der Waals surface area contributed by atoms with Gasteiger partial charge in [-0.25, -0.2) is 4.79 Å². The van der Waals surface area contributed by atoms with E-state index in [1.165, 1.54) is 32.2 Å². The minimum absolute atomic E-state index is 0.370. The second kappa shape index (κ2) is 14.6. The lowest BCUT2D eigenvalue weighted by Gasteiger charge is -2.19. The molecule has 0 fully saturated rings. The van der Waals surface area contributed by atoms with E-state index in [4.69, 9.17) is 4.74 Å². The highest BCUT2D eigenvalue weighted by molar-refractivity contribution is 5.79. The summed E-state index contributed by atoms with van der Waals surface area (Å²) in [5.41, 5.74) is -0.458. The van der Waals surface area contributed by atoms with Crippen LogP contribution in [-0.2, 0) is 4.74 Å². The van der Waals surface area contributed by atoms with Crippen LogP contribution in [0.4, 0.5) is 4.79 Å². The van der Waals surface area contributed by atoms with Crippen molar-refractivity contribution in [2.75, 3.05) is 47.3 Å². The van der Waals surface area contributed by atoms with Crippen LogP contribution in [0.2, 0.25) is 0 Å². The summed E-state index contributed by atoms with van der Waals surface area (Å²) in [6, 6.07) is 0. The number of hydrogen-bond donors (Lipinski definition) is 3. The molecule has 0 heterocycles. The highest BCUT2D eigenvalue weighted by atomic mass is 16.6. The van der Waals surface area contributed by atoms with Gasteiger partial charge in [-0.3, -0.25) is 4.99 Å². The molecule has 0 unspecified atom stereocenters. The predicted molar refractivity (Wildman–Crippen MR) is 110 cm³/mol. The van der Waals surface area contributed by atoms with E-state index >= 15 is 0 Å². The molecule has 26 heavy (non-hydrogen) atoms. The van der Waals surface area contributed by atoms with Crippen LogP contribution < -0.4 is 16.0 Å². The molecule has 154 valence electrons. The third-order valence-electron chi connectivity index (χ3n) is 3.61. The van der Waals surface area contributed by atoms with E-state index in [1.54, 1.807) is 7.05 Å². The van der Waals surface area contributed by atoms with E-state index in [0.717, 1.165) is 31.9 Å². The van der Waals surface area contributed by atoms with Crippen LogP contribution in [0.25, 0.3) is 0 Å². The van der Waals surface area contributed by atoms with E-state index < -0.39 is 5.60 Å². The molecule has 0 aliphatic heterocycles. The number of nitrogens with one attached hydrogen (secondary N) is 3. The van der Waals surface area contributed by atoms with Crippen molar-refractivity contribution >= 4 is 12.1 Å². The Morgan fingerprint density at radius 1 is 0.885 bits per heavy atom. The van der Waals surface area contributed by atoms with E-state index in [-0.39, 0.29) is 6.09 Å². The number of ether oxygens (including phenoxy) is 1. The largest absolute Gasteiger partial charge is 0.444 e. The summed E-state index contributed by atoms with van der Waals surface area (Å²) in [7, 11) is 6.02. The number of amides is 1. The molecule has 0 rings (SSSR count). The topological polar surface area (TPSA) is 78.0 Å². The zero-order chi connectivity index (χ0) is 19.8. The fourth-order valence-corrected chi connectivity index (χ4v) is 2.31. The van der Waals surface area contributed by atoms with Crippen LogP contribution in [0.5, 0.6) is 0 Å². The van der Waals surface area contributed by atoms with Gasteiger partial charge in [-0.05, 0) is 60.7 Å². The lowest BCUT2D eigenvalue weighted by atomic mass is 10.1. The summed E-state index contributed by atoms with van der Waals surface area (Å²) in [5, 5.41) is 9.33. The zero-order valence-electron chi connectivity index (χ0n) is 17.8. The Bertz CT molecular complexity index is 392. The number of hydrogen-bond acceptors (Lipinski definition) is 4. The summed E-state index contributed by atoms with van der Waals surface area (Å²) in [6.45, 7) is 9.00. The SMILES string of the molecule is CN=C(NCCCCCCCN(C)C)NCCCNC(=O)OC(C)(C)C. The molecular weight excluding hydrogens is 330 g/mol. The van der Waals surface area contributed by atoms with Crippen molar-refractivity contribution in [1.82, 2.24) is 20.9 Å². The second-order valence-electron chi connectivity index (χ2n) is 7.78. The summed E-state index contributed by atoms with van der Waals surface area (Å²) in [4.78, 5) is 18.0. The molecular formula is C19H41N5O2. The molecule has 0 aliphatic rings. The first kappa shape index (κ1) is 24.5. The van der Waals surface area contributed by atoms with E-state index in [0.29, 0.717) is 6.54 Å². The number of rotatable bonds is 12. The van der Waals surface area contributed by atoms with Gasteiger partial charge in [0.2, 0.25) is 0 Å². The van der Waals surface area contributed by atoms with Crippen molar-refractivity contribution in [3.05, 3.63) is 0 Å². The van der Waals surface area contributed by atoms with Crippen LogP contribution in [0.15, 0.2) is 4.99 Å².